The van der Waals surface area contributed by atoms with Crippen LogP contribution in [-0.4, -0.2) is 21.7 Å². The number of fused-ring (bicyclic) bond motifs is 1. The summed E-state index contributed by atoms with van der Waals surface area (Å²) >= 11 is 0. The summed E-state index contributed by atoms with van der Waals surface area (Å²) in [4.78, 5) is 0. The van der Waals surface area contributed by atoms with Crippen molar-refractivity contribution in [3.05, 3.63) is 24.2 Å². The summed E-state index contributed by atoms with van der Waals surface area (Å²) in [6.07, 6.45) is 7.06. The summed E-state index contributed by atoms with van der Waals surface area (Å²) in [5.41, 5.74) is 0.905. The lowest BCUT2D eigenvalue weighted by Gasteiger charge is -2.07. The summed E-state index contributed by atoms with van der Waals surface area (Å²) in [6.45, 7) is 0. The minimum absolute atomic E-state index is 0.571. The number of hydrogen-bond donors (Lipinski definition) is 0. The van der Waals surface area contributed by atoms with Gasteiger partial charge in [0.25, 0.3) is 0 Å². The highest BCUT2D eigenvalue weighted by molar-refractivity contribution is 5.41. The van der Waals surface area contributed by atoms with Crippen LogP contribution in [0.3, 0.4) is 0 Å². The second-order valence-electron chi connectivity index (χ2n) is 4.34. The van der Waals surface area contributed by atoms with Crippen LogP contribution in [0.2, 0.25) is 0 Å². The molecule has 0 unspecified atom stereocenters. The molecule has 0 radical (unpaired) electrons. The van der Waals surface area contributed by atoms with Crippen molar-refractivity contribution in [2.75, 3.05) is 7.11 Å². The molecule has 0 spiro atoms. The Labute approximate surface area is 94.3 Å². The van der Waals surface area contributed by atoms with Gasteiger partial charge in [-0.2, -0.15) is 0 Å². The van der Waals surface area contributed by atoms with E-state index in [-0.39, 0.29) is 0 Å². The average molecular weight is 217 g/mol. The van der Waals surface area contributed by atoms with Crippen LogP contribution in [-0.2, 0) is 0 Å². The van der Waals surface area contributed by atoms with Gasteiger partial charge in [-0.05, 0) is 25.0 Å². The molecule has 0 amide bonds. The third-order valence-corrected chi connectivity index (χ3v) is 3.36. The van der Waals surface area contributed by atoms with Gasteiger partial charge in [0.05, 0.1) is 13.3 Å². The van der Waals surface area contributed by atoms with E-state index in [1.54, 1.807) is 7.11 Å². The Morgan fingerprint density at radius 2 is 2.06 bits per heavy atom. The molecule has 0 aliphatic heterocycles. The second-order valence-corrected chi connectivity index (χ2v) is 4.34. The highest BCUT2D eigenvalue weighted by Gasteiger charge is 2.22. The third kappa shape index (κ3) is 1.45. The fourth-order valence-electron chi connectivity index (χ4n) is 2.47. The molecule has 0 saturated heterocycles. The van der Waals surface area contributed by atoms with Crippen molar-refractivity contribution >= 4 is 5.65 Å². The summed E-state index contributed by atoms with van der Waals surface area (Å²) in [5, 5.41) is 8.51. The zero-order valence-corrected chi connectivity index (χ0v) is 9.39. The number of rotatable bonds is 2. The number of hydrogen-bond acceptors (Lipinski definition) is 3. The zero-order chi connectivity index (χ0) is 11.0. The van der Waals surface area contributed by atoms with E-state index in [2.05, 4.69) is 14.6 Å². The van der Waals surface area contributed by atoms with Crippen LogP contribution in [0.5, 0.6) is 5.75 Å². The maximum absolute atomic E-state index is 5.23. The van der Waals surface area contributed by atoms with E-state index in [0.717, 1.165) is 17.2 Å². The predicted octanol–water partition coefficient (Wildman–Crippen LogP) is 2.40. The van der Waals surface area contributed by atoms with E-state index in [0.29, 0.717) is 5.92 Å². The maximum Gasteiger partial charge on any atom is 0.161 e. The molecule has 0 bridgehead atoms. The van der Waals surface area contributed by atoms with Gasteiger partial charge >= 0.3 is 0 Å². The van der Waals surface area contributed by atoms with Crippen molar-refractivity contribution in [1.29, 1.82) is 0 Å². The Bertz CT molecular complexity index is 500. The van der Waals surface area contributed by atoms with E-state index in [1.807, 2.05) is 18.3 Å². The van der Waals surface area contributed by atoms with Crippen LogP contribution in [0, 0.1) is 0 Å². The van der Waals surface area contributed by atoms with Crippen molar-refractivity contribution in [1.82, 2.24) is 14.6 Å². The van der Waals surface area contributed by atoms with Gasteiger partial charge in [-0.1, -0.05) is 12.8 Å². The van der Waals surface area contributed by atoms with Crippen LogP contribution in [0.15, 0.2) is 18.3 Å². The summed E-state index contributed by atoms with van der Waals surface area (Å²) < 4.78 is 7.30. The molecule has 1 aliphatic rings. The van der Waals surface area contributed by atoms with Crippen LogP contribution < -0.4 is 4.74 Å². The molecule has 1 fully saturated rings. The first-order valence-electron chi connectivity index (χ1n) is 5.77. The molecule has 0 atom stereocenters. The number of methoxy groups -OCH3 is 1. The van der Waals surface area contributed by atoms with Gasteiger partial charge in [0.15, 0.2) is 5.65 Å². The van der Waals surface area contributed by atoms with Crippen molar-refractivity contribution in [2.24, 2.45) is 0 Å². The molecule has 1 aliphatic carbocycles. The Hall–Kier alpha value is -1.58. The number of aromatic nitrogens is 3. The van der Waals surface area contributed by atoms with Gasteiger partial charge in [-0.25, -0.2) is 0 Å². The van der Waals surface area contributed by atoms with E-state index in [9.17, 15) is 0 Å². The lowest BCUT2D eigenvalue weighted by atomic mass is 10.1. The van der Waals surface area contributed by atoms with Crippen LogP contribution in [0.1, 0.15) is 37.4 Å². The smallest absolute Gasteiger partial charge is 0.161 e. The normalized spacial score (nSPS) is 17.1. The Balaban J connectivity index is 2.09. The van der Waals surface area contributed by atoms with Crippen LogP contribution in [0.4, 0.5) is 0 Å². The largest absolute Gasteiger partial charge is 0.495 e. The van der Waals surface area contributed by atoms with E-state index < -0.39 is 0 Å². The maximum atomic E-state index is 5.23. The predicted molar refractivity (Wildman–Crippen MR) is 60.7 cm³/mol. The SMILES string of the molecule is COc1ccc2nnc(C3CCCC3)n2c1. The van der Waals surface area contributed by atoms with Crippen molar-refractivity contribution in [3.63, 3.8) is 0 Å². The number of nitrogens with zero attached hydrogens (tertiary/aromatic N) is 3. The van der Waals surface area contributed by atoms with E-state index in [1.165, 1.54) is 25.7 Å². The zero-order valence-electron chi connectivity index (χ0n) is 9.39. The molecule has 2 aromatic heterocycles. The van der Waals surface area contributed by atoms with Gasteiger partial charge in [0, 0.05) is 5.92 Å². The molecule has 84 valence electrons. The van der Waals surface area contributed by atoms with Crippen molar-refractivity contribution < 1.29 is 4.74 Å². The third-order valence-electron chi connectivity index (χ3n) is 3.36. The van der Waals surface area contributed by atoms with Gasteiger partial charge < -0.3 is 4.74 Å². The molecular formula is C12H15N3O. The standard InChI is InChI=1S/C12H15N3O/c1-16-10-6-7-11-13-14-12(15(11)8-10)9-4-2-3-5-9/h6-9H,2-5H2,1H3. The molecule has 4 heteroatoms. The molecule has 16 heavy (non-hydrogen) atoms. The van der Waals surface area contributed by atoms with Gasteiger partial charge in [0.2, 0.25) is 0 Å². The lowest BCUT2D eigenvalue weighted by molar-refractivity contribution is 0.412. The van der Waals surface area contributed by atoms with Gasteiger partial charge in [-0.3, -0.25) is 4.40 Å². The second kappa shape index (κ2) is 3.77. The molecule has 0 aromatic carbocycles. The minimum Gasteiger partial charge on any atom is -0.495 e. The Morgan fingerprint density at radius 1 is 1.25 bits per heavy atom. The topological polar surface area (TPSA) is 39.4 Å². The quantitative estimate of drug-likeness (QED) is 0.775. The highest BCUT2D eigenvalue weighted by atomic mass is 16.5. The number of ether oxygens (including phenoxy) is 1. The first kappa shape index (κ1) is 9.63. The van der Waals surface area contributed by atoms with E-state index >= 15 is 0 Å². The number of pyridine rings is 1. The molecule has 2 aromatic rings. The summed E-state index contributed by atoms with van der Waals surface area (Å²) in [6, 6.07) is 3.87. The van der Waals surface area contributed by atoms with Crippen LogP contribution in [0.25, 0.3) is 5.65 Å². The first-order valence-corrected chi connectivity index (χ1v) is 5.77. The van der Waals surface area contributed by atoms with Gasteiger partial charge in [0.1, 0.15) is 11.6 Å². The molecule has 3 rings (SSSR count). The van der Waals surface area contributed by atoms with Gasteiger partial charge in [-0.15, -0.1) is 10.2 Å². The fourth-order valence-corrected chi connectivity index (χ4v) is 2.47. The fraction of sp³-hybridized carbons (Fsp3) is 0.500. The molecule has 4 nitrogen and oxygen atoms in total. The molecule has 0 N–H and O–H groups in total. The average Bonchev–Trinajstić information content (AvgIpc) is 2.96. The molecular weight excluding hydrogens is 202 g/mol. The minimum atomic E-state index is 0.571. The van der Waals surface area contributed by atoms with Crippen molar-refractivity contribution in [3.8, 4) is 5.75 Å². The monoisotopic (exact) mass is 217 g/mol. The van der Waals surface area contributed by atoms with Crippen LogP contribution >= 0.6 is 0 Å². The Kier molecular flexibility index (Phi) is 2.27. The van der Waals surface area contributed by atoms with E-state index in [4.69, 9.17) is 4.74 Å². The summed E-state index contributed by atoms with van der Waals surface area (Å²) in [7, 11) is 1.68. The molecule has 2 heterocycles. The lowest BCUT2D eigenvalue weighted by Crippen LogP contribution is -2.00. The first-order chi connectivity index (χ1) is 7.88. The Morgan fingerprint density at radius 3 is 2.81 bits per heavy atom. The summed E-state index contributed by atoms with van der Waals surface area (Å²) in [5.74, 6) is 2.51. The highest BCUT2D eigenvalue weighted by Crippen LogP contribution is 2.33. The van der Waals surface area contributed by atoms with Crippen molar-refractivity contribution in [2.45, 2.75) is 31.6 Å². The molecule has 1 saturated carbocycles.